The van der Waals surface area contributed by atoms with Crippen molar-refractivity contribution in [2.45, 2.75) is 25.7 Å². The number of hydrogen-bond acceptors (Lipinski definition) is 3. The van der Waals surface area contributed by atoms with Gasteiger partial charge >= 0.3 is 0 Å². The summed E-state index contributed by atoms with van der Waals surface area (Å²) < 4.78 is 0. The number of hydrogen-bond donors (Lipinski definition) is 0. The molecule has 0 aromatic carbocycles. The van der Waals surface area contributed by atoms with E-state index in [1.165, 1.54) is 5.56 Å². The van der Waals surface area contributed by atoms with Crippen molar-refractivity contribution in [3.8, 4) is 0 Å². The second-order valence-corrected chi connectivity index (χ2v) is 5.92. The highest BCUT2D eigenvalue weighted by Crippen LogP contribution is 2.22. The summed E-state index contributed by atoms with van der Waals surface area (Å²) in [5.74, 6) is 0.889. The molecule has 4 nitrogen and oxygen atoms in total. The quantitative estimate of drug-likeness (QED) is 0.870. The number of rotatable bonds is 4. The molecule has 3 heterocycles. The van der Waals surface area contributed by atoms with E-state index in [-0.39, 0.29) is 5.91 Å². The van der Waals surface area contributed by atoms with Crippen LogP contribution in [0.1, 0.15) is 24.0 Å². The van der Waals surface area contributed by atoms with Crippen molar-refractivity contribution in [2.75, 3.05) is 13.1 Å². The van der Waals surface area contributed by atoms with Gasteiger partial charge < -0.3 is 4.90 Å². The van der Waals surface area contributed by atoms with Gasteiger partial charge in [-0.2, -0.15) is 0 Å². The first-order valence-electron chi connectivity index (χ1n) is 7.87. The van der Waals surface area contributed by atoms with Crippen molar-refractivity contribution in [1.29, 1.82) is 0 Å². The topological polar surface area (TPSA) is 46.1 Å². The minimum Gasteiger partial charge on any atom is -0.342 e. The number of likely N-dealkylation sites (tertiary alicyclic amines) is 1. The average Bonchev–Trinajstić information content (AvgIpc) is 2.57. The summed E-state index contributed by atoms with van der Waals surface area (Å²) in [5.41, 5.74) is 2.33. The van der Waals surface area contributed by atoms with Crippen LogP contribution in [0.4, 0.5) is 0 Å². The molecule has 1 amide bonds. The lowest BCUT2D eigenvalue weighted by atomic mass is 9.90. The monoisotopic (exact) mass is 295 g/mol. The first-order chi connectivity index (χ1) is 10.8. The van der Waals surface area contributed by atoms with Crippen molar-refractivity contribution >= 4 is 5.91 Å². The highest BCUT2D eigenvalue weighted by atomic mass is 16.2. The van der Waals surface area contributed by atoms with Crippen LogP contribution in [0.15, 0.2) is 49.1 Å². The van der Waals surface area contributed by atoms with Crippen LogP contribution in [0.2, 0.25) is 0 Å². The lowest BCUT2D eigenvalue weighted by molar-refractivity contribution is -0.131. The Hall–Kier alpha value is -2.23. The molecule has 0 aliphatic carbocycles. The standard InChI is InChI=1S/C18H21N3O/c22-18(13-17-2-1-7-20-14-17)21-10-5-16(6-11-21)12-15-3-8-19-9-4-15/h1-4,7-9,14,16H,5-6,10-13H2. The van der Waals surface area contributed by atoms with Gasteiger partial charge in [0.2, 0.25) is 5.91 Å². The molecule has 0 spiro atoms. The Morgan fingerprint density at radius 1 is 1.05 bits per heavy atom. The highest BCUT2D eigenvalue weighted by Gasteiger charge is 2.22. The molecule has 4 heteroatoms. The number of carbonyl (C=O) groups is 1. The number of pyridine rings is 2. The number of amides is 1. The molecule has 1 aliphatic rings. The molecule has 1 fully saturated rings. The van der Waals surface area contributed by atoms with Crippen molar-refractivity contribution < 1.29 is 4.79 Å². The van der Waals surface area contributed by atoms with E-state index in [1.807, 2.05) is 29.4 Å². The Morgan fingerprint density at radius 2 is 1.82 bits per heavy atom. The van der Waals surface area contributed by atoms with Gasteiger partial charge in [-0.1, -0.05) is 6.07 Å². The molecule has 0 unspecified atom stereocenters. The smallest absolute Gasteiger partial charge is 0.227 e. The summed E-state index contributed by atoms with van der Waals surface area (Å²) in [7, 11) is 0. The number of carbonyl (C=O) groups excluding carboxylic acids is 1. The lowest BCUT2D eigenvalue weighted by Gasteiger charge is -2.32. The van der Waals surface area contributed by atoms with Gasteiger partial charge in [0.25, 0.3) is 0 Å². The van der Waals surface area contributed by atoms with E-state index < -0.39 is 0 Å². The molecule has 0 saturated carbocycles. The van der Waals surface area contributed by atoms with Gasteiger partial charge in [0.1, 0.15) is 0 Å². The zero-order chi connectivity index (χ0) is 15.2. The Labute approximate surface area is 131 Å². The molecule has 0 N–H and O–H groups in total. The number of aromatic nitrogens is 2. The zero-order valence-electron chi connectivity index (χ0n) is 12.7. The van der Waals surface area contributed by atoms with E-state index in [4.69, 9.17) is 0 Å². The predicted octanol–water partition coefficient (Wildman–Crippen LogP) is 2.50. The predicted molar refractivity (Wildman–Crippen MR) is 85.2 cm³/mol. The molecule has 1 aliphatic heterocycles. The number of piperidine rings is 1. The first-order valence-corrected chi connectivity index (χ1v) is 7.87. The Balaban J connectivity index is 1.48. The maximum Gasteiger partial charge on any atom is 0.227 e. The molecule has 0 atom stereocenters. The molecule has 2 aromatic heterocycles. The van der Waals surface area contributed by atoms with Gasteiger partial charge in [0.05, 0.1) is 6.42 Å². The van der Waals surface area contributed by atoms with Crippen LogP contribution in [0.3, 0.4) is 0 Å². The van der Waals surface area contributed by atoms with Gasteiger partial charge in [-0.15, -0.1) is 0 Å². The molecular formula is C18H21N3O. The van der Waals surface area contributed by atoms with Crippen molar-refractivity contribution in [1.82, 2.24) is 14.9 Å². The zero-order valence-corrected chi connectivity index (χ0v) is 12.7. The normalized spacial score (nSPS) is 15.7. The van der Waals surface area contributed by atoms with Gasteiger partial charge in [-0.05, 0) is 54.5 Å². The fourth-order valence-electron chi connectivity index (χ4n) is 3.03. The van der Waals surface area contributed by atoms with Crippen LogP contribution in [0.5, 0.6) is 0 Å². The van der Waals surface area contributed by atoms with Crippen LogP contribution in [0.25, 0.3) is 0 Å². The Morgan fingerprint density at radius 3 is 2.50 bits per heavy atom. The van der Waals surface area contributed by atoms with Crippen LogP contribution in [0, 0.1) is 5.92 Å². The second kappa shape index (κ2) is 7.16. The minimum atomic E-state index is 0.218. The summed E-state index contributed by atoms with van der Waals surface area (Å²) in [6.45, 7) is 1.74. The SMILES string of the molecule is O=C(Cc1cccnc1)N1CCC(Cc2ccncc2)CC1. The van der Waals surface area contributed by atoms with E-state index in [0.717, 1.165) is 37.9 Å². The van der Waals surface area contributed by atoms with Crippen LogP contribution >= 0.6 is 0 Å². The van der Waals surface area contributed by atoms with Gasteiger partial charge in [0.15, 0.2) is 0 Å². The molecule has 3 rings (SSSR count). The van der Waals surface area contributed by atoms with E-state index in [1.54, 1.807) is 12.4 Å². The largest absolute Gasteiger partial charge is 0.342 e. The van der Waals surface area contributed by atoms with Crippen molar-refractivity contribution in [2.24, 2.45) is 5.92 Å². The Bertz CT molecular complexity index is 592. The molecule has 0 radical (unpaired) electrons. The summed E-state index contributed by atoms with van der Waals surface area (Å²) in [6.07, 6.45) is 10.9. The lowest BCUT2D eigenvalue weighted by Crippen LogP contribution is -2.39. The van der Waals surface area contributed by atoms with Crippen molar-refractivity contribution in [3.63, 3.8) is 0 Å². The van der Waals surface area contributed by atoms with Gasteiger partial charge in [-0.25, -0.2) is 0 Å². The Kier molecular flexibility index (Phi) is 4.78. The molecular weight excluding hydrogens is 274 g/mol. The van der Waals surface area contributed by atoms with E-state index in [2.05, 4.69) is 22.1 Å². The minimum absolute atomic E-state index is 0.218. The summed E-state index contributed by atoms with van der Waals surface area (Å²) >= 11 is 0. The summed E-state index contributed by atoms with van der Waals surface area (Å²) in [5, 5.41) is 0. The molecule has 1 saturated heterocycles. The van der Waals surface area contributed by atoms with Crippen LogP contribution in [-0.4, -0.2) is 33.9 Å². The molecule has 114 valence electrons. The van der Waals surface area contributed by atoms with Crippen molar-refractivity contribution in [3.05, 3.63) is 60.2 Å². The molecule has 22 heavy (non-hydrogen) atoms. The first kappa shape index (κ1) is 14.7. The second-order valence-electron chi connectivity index (χ2n) is 5.92. The fourth-order valence-corrected chi connectivity index (χ4v) is 3.03. The third-order valence-corrected chi connectivity index (χ3v) is 4.32. The van der Waals surface area contributed by atoms with Gasteiger partial charge in [0, 0.05) is 37.9 Å². The average molecular weight is 295 g/mol. The maximum absolute atomic E-state index is 12.3. The third kappa shape index (κ3) is 3.91. The fraction of sp³-hybridized carbons (Fsp3) is 0.389. The maximum atomic E-state index is 12.3. The highest BCUT2D eigenvalue weighted by molar-refractivity contribution is 5.78. The molecule has 0 bridgehead atoms. The summed E-state index contributed by atoms with van der Waals surface area (Å²) in [4.78, 5) is 22.4. The van der Waals surface area contributed by atoms with E-state index >= 15 is 0 Å². The van der Waals surface area contributed by atoms with E-state index in [0.29, 0.717) is 12.3 Å². The van der Waals surface area contributed by atoms with E-state index in [9.17, 15) is 4.79 Å². The van der Waals surface area contributed by atoms with Crippen LogP contribution in [-0.2, 0) is 17.6 Å². The molecule has 2 aromatic rings. The van der Waals surface area contributed by atoms with Gasteiger partial charge in [-0.3, -0.25) is 14.8 Å². The summed E-state index contributed by atoms with van der Waals surface area (Å²) in [6, 6.07) is 8.00. The number of nitrogens with zero attached hydrogens (tertiary/aromatic N) is 3. The van der Waals surface area contributed by atoms with Crippen LogP contribution < -0.4 is 0 Å². The third-order valence-electron chi connectivity index (χ3n) is 4.32.